The van der Waals surface area contributed by atoms with Crippen LogP contribution in [0.3, 0.4) is 0 Å². The van der Waals surface area contributed by atoms with Crippen LogP contribution < -0.4 is 5.73 Å². The number of amides is 1. The molecular weight excluding hydrogens is 272 g/mol. The normalized spacial score (nSPS) is 12.5. The first-order chi connectivity index (χ1) is 9.42. The summed E-state index contributed by atoms with van der Waals surface area (Å²) < 4.78 is 0. The van der Waals surface area contributed by atoms with Gasteiger partial charge in [0.1, 0.15) is 0 Å². The number of hydrogen-bond donors (Lipinski definition) is 1. The van der Waals surface area contributed by atoms with Crippen LogP contribution in [-0.2, 0) is 11.3 Å². The van der Waals surface area contributed by atoms with Gasteiger partial charge in [0.15, 0.2) is 0 Å². The van der Waals surface area contributed by atoms with Crippen LogP contribution in [0, 0.1) is 11.8 Å². The minimum atomic E-state index is 0.149. The van der Waals surface area contributed by atoms with Gasteiger partial charge in [0, 0.05) is 25.0 Å². The third kappa shape index (κ3) is 5.93. The van der Waals surface area contributed by atoms with Crippen LogP contribution in [0.25, 0.3) is 0 Å². The van der Waals surface area contributed by atoms with Crippen molar-refractivity contribution in [2.45, 2.75) is 33.2 Å². The molecule has 0 radical (unpaired) electrons. The van der Waals surface area contributed by atoms with Gasteiger partial charge in [-0.3, -0.25) is 4.79 Å². The van der Waals surface area contributed by atoms with Crippen LogP contribution in [0.5, 0.6) is 0 Å². The zero-order valence-electron chi connectivity index (χ0n) is 12.6. The van der Waals surface area contributed by atoms with Crippen LogP contribution in [-0.4, -0.2) is 24.4 Å². The van der Waals surface area contributed by atoms with Gasteiger partial charge in [-0.25, -0.2) is 0 Å². The predicted molar refractivity (Wildman–Crippen MR) is 84.5 cm³/mol. The van der Waals surface area contributed by atoms with E-state index in [-0.39, 0.29) is 11.8 Å². The Kier molecular flexibility index (Phi) is 7.03. The summed E-state index contributed by atoms with van der Waals surface area (Å²) in [7, 11) is 1.83. The Morgan fingerprint density at radius 2 is 1.90 bits per heavy atom. The molecule has 1 amide bonds. The van der Waals surface area contributed by atoms with Crippen molar-refractivity contribution in [2.24, 2.45) is 17.6 Å². The molecule has 0 unspecified atom stereocenters. The van der Waals surface area contributed by atoms with Crippen LogP contribution in [0.1, 0.15) is 32.3 Å². The minimum Gasteiger partial charge on any atom is -0.341 e. The molecule has 0 heterocycles. The second kappa shape index (κ2) is 8.28. The molecule has 0 saturated heterocycles. The van der Waals surface area contributed by atoms with Crippen LogP contribution in [0.4, 0.5) is 0 Å². The van der Waals surface area contributed by atoms with Crippen molar-refractivity contribution in [2.75, 3.05) is 13.6 Å². The number of rotatable bonds is 7. The summed E-state index contributed by atoms with van der Waals surface area (Å²) in [5, 5.41) is 0.711. The van der Waals surface area contributed by atoms with E-state index in [2.05, 4.69) is 13.8 Å². The molecule has 0 aliphatic carbocycles. The highest BCUT2D eigenvalue weighted by atomic mass is 35.5. The summed E-state index contributed by atoms with van der Waals surface area (Å²) in [4.78, 5) is 14.0. The van der Waals surface area contributed by atoms with Gasteiger partial charge >= 0.3 is 0 Å². The third-order valence-electron chi connectivity index (χ3n) is 3.36. The van der Waals surface area contributed by atoms with E-state index in [9.17, 15) is 4.79 Å². The molecular formula is C16H25ClN2O. The minimum absolute atomic E-state index is 0.149. The fourth-order valence-electron chi connectivity index (χ4n) is 2.28. The van der Waals surface area contributed by atoms with E-state index in [1.807, 2.05) is 31.3 Å². The maximum Gasteiger partial charge on any atom is 0.222 e. The molecule has 112 valence electrons. The van der Waals surface area contributed by atoms with E-state index >= 15 is 0 Å². The SMILES string of the molecule is CC(C)C[C@H](CN)CC(=O)N(C)Cc1ccc(Cl)cc1. The van der Waals surface area contributed by atoms with E-state index in [4.69, 9.17) is 17.3 Å². The Morgan fingerprint density at radius 1 is 1.30 bits per heavy atom. The van der Waals surface area contributed by atoms with Crippen molar-refractivity contribution < 1.29 is 4.79 Å². The van der Waals surface area contributed by atoms with E-state index in [1.165, 1.54) is 0 Å². The molecule has 0 saturated carbocycles. The van der Waals surface area contributed by atoms with E-state index in [0.29, 0.717) is 30.5 Å². The number of carbonyl (C=O) groups excluding carboxylic acids is 1. The first-order valence-electron chi connectivity index (χ1n) is 7.10. The molecule has 3 nitrogen and oxygen atoms in total. The molecule has 0 aliphatic rings. The molecule has 1 aromatic carbocycles. The van der Waals surface area contributed by atoms with Crippen molar-refractivity contribution in [3.8, 4) is 0 Å². The summed E-state index contributed by atoms with van der Waals surface area (Å²) in [6, 6.07) is 7.58. The van der Waals surface area contributed by atoms with Gasteiger partial charge in [-0.1, -0.05) is 37.6 Å². The summed E-state index contributed by atoms with van der Waals surface area (Å²) in [5.41, 5.74) is 6.84. The molecule has 20 heavy (non-hydrogen) atoms. The van der Waals surface area contributed by atoms with Crippen molar-refractivity contribution in [1.29, 1.82) is 0 Å². The zero-order chi connectivity index (χ0) is 15.1. The van der Waals surface area contributed by atoms with E-state index < -0.39 is 0 Å². The number of nitrogens with two attached hydrogens (primary N) is 1. The number of halogens is 1. The maximum absolute atomic E-state index is 12.2. The molecule has 0 aliphatic heterocycles. The fourth-order valence-corrected chi connectivity index (χ4v) is 2.41. The lowest BCUT2D eigenvalue weighted by atomic mass is 9.94. The first-order valence-corrected chi connectivity index (χ1v) is 7.48. The molecule has 1 aromatic rings. The standard InChI is InChI=1S/C16H25ClN2O/c1-12(2)8-14(10-18)9-16(20)19(3)11-13-4-6-15(17)7-5-13/h4-7,12,14H,8-11,18H2,1-3H3/t14-/m0/s1. The molecule has 0 bridgehead atoms. The zero-order valence-corrected chi connectivity index (χ0v) is 13.4. The summed E-state index contributed by atoms with van der Waals surface area (Å²) in [6.07, 6.45) is 1.52. The summed E-state index contributed by atoms with van der Waals surface area (Å²) in [6.45, 7) is 5.49. The van der Waals surface area contributed by atoms with Gasteiger partial charge in [-0.15, -0.1) is 0 Å². The molecule has 0 spiro atoms. The predicted octanol–water partition coefficient (Wildman–Crippen LogP) is 3.31. The Balaban J connectivity index is 2.51. The molecule has 2 N–H and O–H groups in total. The third-order valence-corrected chi connectivity index (χ3v) is 3.61. The van der Waals surface area contributed by atoms with Crippen LogP contribution in [0.15, 0.2) is 24.3 Å². The van der Waals surface area contributed by atoms with Gasteiger partial charge in [-0.05, 0) is 42.5 Å². The molecule has 0 aromatic heterocycles. The monoisotopic (exact) mass is 296 g/mol. The lowest BCUT2D eigenvalue weighted by Crippen LogP contribution is -2.30. The van der Waals surface area contributed by atoms with Gasteiger partial charge < -0.3 is 10.6 Å². The quantitative estimate of drug-likeness (QED) is 0.839. The van der Waals surface area contributed by atoms with Crippen LogP contribution >= 0.6 is 11.6 Å². The number of carbonyl (C=O) groups is 1. The topological polar surface area (TPSA) is 46.3 Å². The first kappa shape index (κ1) is 17.0. The van der Waals surface area contributed by atoms with Gasteiger partial charge in [0.2, 0.25) is 5.91 Å². The Labute approximate surface area is 127 Å². The van der Waals surface area contributed by atoms with Gasteiger partial charge in [0.05, 0.1) is 0 Å². The molecule has 1 atom stereocenters. The second-order valence-corrected chi connectivity index (χ2v) is 6.25. The van der Waals surface area contributed by atoms with Crippen molar-refractivity contribution >= 4 is 17.5 Å². The number of hydrogen-bond acceptors (Lipinski definition) is 2. The average Bonchev–Trinajstić information content (AvgIpc) is 2.39. The molecule has 0 fully saturated rings. The number of benzene rings is 1. The smallest absolute Gasteiger partial charge is 0.222 e. The Bertz CT molecular complexity index is 417. The Hall–Kier alpha value is -1.06. The highest BCUT2D eigenvalue weighted by molar-refractivity contribution is 6.30. The van der Waals surface area contributed by atoms with E-state index in [0.717, 1.165) is 12.0 Å². The van der Waals surface area contributed by atoms with E-state index in [1.54, 1.807) is 4.90 Å². The summed E-state index contributed by atoms with van der Waals surface area (Å²) in [5.74, 6) is 0.990. The second-order valence-electron chi connectivity index (χ2n) is 5.81. The number of nitrogens with zero attached hydrogens (tertiary/aromatic N) is 1. The van der Waals surface area contributed by atoms with Crippen LogP contribution in [0.2, 0.25) is 5.02 Å². The lowest BCUT2D eigenvalue weighted by Gasteiger charge is -2.22. The molecule has 1 rings (SSSR count). The largest absolute Gasteiger partial charge is 0.341 e. The van der Waals surface area contributed by atoms with Crippen molar-refractivity contribution in [3.63, 3.8) is 0 Å². The Morgan fingerprint density at radius 3 is 2.40 bits per heavy atom. The molecule has 4 heteroatoms. The van der Waals surface area contributed by atoms with Gasteiger partial charge in [0.25, 0.3) is 0 Å². The maximum atomic E-state index is 12.2. The highest BCUT2D eigenvalue weighted by Crippen LogP contribution is 2.16. The fraction of sp³-hybridized carbons (Fsp3) is 0.562. The average molecular weight is 297 g/mol. The van der Waals surface area contributed by atoms with Crippen molar-refractivity contribution in [3.05, 3.63) is 34.9 Å². The van der Waals surface area contributed by atoms with Crippen molar-refractivity contribution in [1.82, 2.24) is 4.90 Å². The van der Waals surface area contributed by atoms with Gasteiger partial charge in [-0.2, -0.15) is 0 Å². The summed E-state index contributed by atoms with van der Waals surface area (Å²) >= 11 is 5.85. The highest BCUT2D eigenvalue weighted by Gasteiger charge is 2.17. The lowest BCUT2D eigenvalue weighted by molar-refractivity contribution is -0.131.